The van der Waals surface area contributed by atoms with Gasteiger partial charge in [-0.1, -0.05) is 48.2 Å². The highest BCUT2D eigenvalue weighted by Gasteiger charge is 2.35. The first kappa shape index (κ1) is 18.7. The van der Waals surface area contributed by atoms with E-state index in [2.05, 4.69) is 15.5 Å². The zero-order valence-corrected chi connectivity index (χ0v) is 14.7. The molecule has 2 aromatic rings. The second-order valence-electron chi connectivity index (χ2n) is 5.92. The summed E-state index contributed by atoms with van der Waals surface area (Å²) in [6.07, 6.45) is 4.55. The number of carbonyl (C=O) groups excluding carboxylic acids is 1. The number of aromatic nitrogens is 2. The van der Waals surface area contributed by atoms with E-state index in [0.29, 0.717) is 16.7 Å². The molecule has 0 saturated heterocycles. The zero-order chi connectivity index (χ0) is 16.3. The maximum Gasteiger partial charge on any atom is 0.246 e. The van der Waals surface area contributed by atoms with Crippen molar-refractivity contribution in [3.8, 4) is 11.4 Å². The van der Waals surface area contributed by atoms with Gasteiger partial charge in [0.05, 0.1) is 12.1 Å². The summed E-state index contributed by atoms with van der Waals surface area (Å²) in [5, 5.41) is 7.31. The molecule has 0 bridgehead atoms. The number of hydrogen-bond acceptors (Lipinski definition) is 5. The van der Waals surface area contributed by atoms with E-state index in [1.54, 1.807) is 12.1 Å². The third-order valence-corrected chi connectivity index (χ3v) is 4.38. The molecule has 1 heterocycles. The van der Waals surface area contributed by atoms with E-state index in [4.69, 9.17) is 21.9 Å². The lowest BCUT2D eigenvalue weighted by Gasteiger charge is -2.31. The fourth-order valence-corrected chi connectivity index (χ4v) is 3.00. The summed E-state index contributed by atoms with van der Waals surface area (Å²) in [4.78, 5) is 16.5. The molecule has 0 spiro atoms. The number of hydrogen-bond donors (Lipinski definition) is 2. The van der Waals surface area contributed by atoms with Gasteiger partial charge in [-0.25, -0.2) is 0 Å². The monoisotopic (exact) mass is 370 g/mol. The van der Waals surface area contributed by atoms with Crippen molar-refractivity contribution in [2.24, 2.45) is 5.73 Å². The van der Waals surface area contributed by atoms with Crippen LogP contribution in [0.2, 0.25) is 5.02 Å². The Hall–Kier alpha value is -1.63. The average molecular weight is 371 g/mol. The van der Waals surface area contributed by atoms with Gasteiger partial charge in [-0.15, -0.1) is 12.4 Å². The Labute approximate surface area is 151 Å². The molecule has 130 valence electrons. The minimum absolute atomic E-state index is 0. The van der Waals surface area contributed by atoms with Crippen LogP contribution in [0.25, 0.3) is 11.4 Å². The fraction of sp³-hybridized carbons (Fsp3) is 0.438. The maximum atomic E-state index is 12.3. The molecule has 8 heteroatoms. The molecule has 1 aromatic heterocycles. The van der Waals surface area contributed by atoms with E-state index in [1.165, 1.54) is 0 Å². The Kier molecular flexibility index (Phi) is 6.21. The van der Waals surface area contributed by atoms with E-state index < -0.39 is 5.54 Å². The van der Waals surface area contributed by atoms with Crippen LogP contribution in [0.5, 0.6) is 0 Å². The van der Waals surface area contributed by atoms with Gasteiger partial charge in [0, 0.05) is 10.6 Å². The van der Waals surface area contributed by atoms with Crippen LogP contribution in [0.3, 0.4) is 0 Å². The molecule has 0 aliphatic heterocycles. The fourth-order valence-electron chi connectivity index (χ4n) is 2.81. The first-order chi connectivity index (χ1) is 11.1. The minimum Gasteiger partial charge on any atom is -0.345 e. The number of halogens is 2. The van der Waals surface area contributed by atoms with Crippen molar-refractivity contribution in [2.45, 2.75) is 44.2 Å². The molecule has 1 aliphatic rings. The van der Waals surface area contributed by atoms with Gasteiger partial charge in [0.1, 0.15) is 0 Å². The molecular formula is C16H20Cl2N4O2. The van der Waals surface area contributed by atoms with Gasteiger partial charge in [0.15, 0.2) is 0 Å². The molecule has 3 rings (SSSR count). The first-order valence-corrected chi connectivity index (χ1v) is 8.10. The van der Waals surface area contributed by atoms with Gasteiger partial charge in [-0.05, 0) is 25.0 Å². The van der Waals surface area contributed by atoms with Gasteiger partial charge >= 0.3 is 0 Å². The number of carbonyl (C=O) groups is 1. The number of amides is 1. The van der Waals surface area contributed by atoms with E-state index >= 15 is 0 Å². The van der Waals surface area contributed by atoms with Crippen LogP contribution in [0.1, 0.15) is 38.0 Å². The van der Waals surface area contributed by atoms with Crippen molar-refractivity contribution in [2.75, 3.05) is 0 Å². The lowest BCUT2D eigenvalue weighted by atomic mass is 9.82. The van der Waals surface area contributed by atoms with Crippen molar-refractivity contribution in [3.63, 3.8) is 0 Å². The van der Waals surface area contributed by atoms with Crippen LogP contribution in [0.15, 0.2) is 28.8 Å². The highest BCUT2D eigenvalue weighted by molar-refractivity contribution is 6.30. The minimum atomic E-state index is -0.770. The Bertz CT molecular complexity index is 699. The third-order valence-electron chi connectivity index (χ3n) is 4.15. The quantitative estimate of drug-likeness (QED) is 0.861. The summed E-state index contributed by atoms with van der Waals surface area (Å²) in [6.45, 7) is 0.172. The second kappa shape index (κ2) is 7.96. The number of nitrogens with zero attached hydrogens (tertiary/aromatic N) is 2. The Morgan fingerprint density at radius 3 is 2.79 bits per heavy atom. The van der Waals surface area contributed by atoms with Crippen molar-refractivity contribution in [1.29, 1.82) is 0 Å². The Morgan fingerprint density at radius 2 is 2.08 bits per heavy atom. The smallest absolute Gasteiger partial charge is 0.246 e. The van der Waals surface area contributed by atoms with Crippen LogP contribution in [0.4, 0.5) is 0 Å². The lowest BCUT2D eigenvalue weighted by molar-refractivity contribution is -0.127. The maximum absolute atomic E-state index is 12.3. The Balaban J connectivity index is 0.00000208. The summed E-state index contributed by atoms with van der Waals surface area (Å²) in [6, 6.07) is 7.19. The molecule has 3 N–H and O–H groups in total. The summed E-state index contributed by atoms with van der Waals surface area (Å²) in [5.41, 5.74) is 6.18. The SMILES string of the molecule is Cl.NC1(C(=O)NCc2nc(-c3cccc(Cl)c3)no2)CCCCC1. The van der Waals surface area contributed by atoms with E-state index in [-0.39, 0.29) is 24.9 Å². The summed E-state index contributed by atoms with van der Waals surface area (Å²) >= 11 is 5.95. The van der Waals surface area contributed by atoms with Crippen LogP contribution in [-0.2, 0) is 11.3 Å². The lowest BCUT2D eigenvalue weighted by Crippen LogP contribution is -2.54. The average Bonchev–Trinajstić information content (AvgIpc) is 3.02. The molecule has 0 atom stereocenters. The summed E-state index contributed by atoms with van der Waals surface area (Å²) < 4.78 is 5.17. The number of rotatable bonds is 4. The van der Waals surface area contributed by atoms with Crippen LogP contribution in [-0.4, -0.2) is 21.6 Å². The summed E-state index contributed by atoms with van der Waals surface area (Å²) in [7, 11) is 0. The molecule has 6 nitrogen and oxygen atoms in total. The second-order valence-corrected chi connectivity index (χ2v) is 6.36. The topological polar surface area (TPSA) is 94.0 Å². The molecule has 1 fully saturated rings. The van der Waals surface area contributed by atoms with Crippen LogP contribution in [0, 0.1) is 0 Å². The van der Waals surface area contributed by atoms with Crippen molar-refractivity contribution in [1.82, 2.24) is 15.5 Å². The molecule has 0 unspecified atom stereocenters. The van der Waals surface area contributed by atoms with Gasteiger partial charge in [0.25, 0.3) is 0 Å². The Morgan fingerprint density at radius 1 is 1.33 bits per heavy atom. The van der Waals surface area contributed by atoms with Gasteiger partial charge in [-0.3, -0.25) is 4.79 Å². The van der Waals surface area contributed by atoms with Crippen molar-refractivity contribution >= 4 is 29.9 Å². The molecule has 0 radical (unpaired) electrons. The van der Waals surface area contributed by atoms with Crippen molar-refractivity contribution in [3.05, 3.63) is 35.2 Å². The van der Waals surface area contributed by atoms with Gasteiger partial charge < -0.3 is 15.6 Å². The number of benzene rings is 1. The number of nitrogens with one attached hydrogen (secondary N) is 1. The predicted octanol–water partition coefficient (Wildman–Crippen LogP) is 3.09. The molecule has 1 amide bonds. The molecule has 24 heavy (non-hydrogen) atoms. The highest BCUT2D eigenvalue weighted by Crippen LogP contribution is 2.26. The molecule has 1 aromatic carbocycles. The standard InChI is InChI=1S/C16H19ClN4O2.ClH/c17-12-6-4-5-11(9-12)14-20-13(23-21-14)10-19-15(22)16(18)7-2-1-3-8-16;/h4-6,9H,1-3,7-8,10,18H2,(H,19,22);1H. The predicted molar refractivity (Wildman–Crippen MR) is 93.8 cm³/mol. The first-order valence-electron chi connectivity index (χ1n) is 7.72. The normalized spacial score (nSPS) is 16.2. The van der Waals surface area contributed by atoms with Crippen LogP contribution >= 0.6 is 24.0 Å². The number of nitrogens with two attached hydrogens (primary N) is 1. The molecule has 1 aliphatic carbocycles. The third kappa shape index (κ3) is 4.26. The highest BCUT2D eigenvalue weighted by atomic mass is 35.5. The van der Waals surface area contributed by atoms with Crippen LogP contribution < -0.4 is 11.1 Å². The largest absolute Gasteiger partial charge is 0.345 e. The van der Waals surface area contributed by atoms with Crippen molar-refractivity contribution < 1.29 is 9.32 Å². The summed E-state index contributed by atoms with van der Waals surface area (Å²) in [5.74, 6) is 0.629. The molecule has 1 saturated carbocycles. The van der Waals surface area contributed by atoms with E-state index in [0.717, 1.165) is 37.7 Å². The van der Waals surface area contributed by atoms with E-state index in [1.807, 2.05) is 12.1 Å². The van der Waals surface area contributed by atoms with Gasteiger partial charge in [0.2, 0.25) is 17.6 Å². The molecular weight excluding hydrogens is 351 g/mol. The van der Waals surface area contributed by atoms with E-state index in [9.17, 15) is 4.79 Å². The van der Waals surface area contributed by atoms with Gasteiger partial charge in [-0.2, -0.15) is 4.98 Å². The zero-order valence-electron chi connectivity index (χ0n) is 13.1.